The van der Waals surface area contributed by atoms with E-state index >= 15 is 0 Å². The molecule has 0 unspecified atom stereocenters. The van der Waals surface area contributed by atoms with Gasteiger partial charge in [0.25, 0.3) is 5.91 Å². The Morgan fingerprint density at radius 3 is 1.48 bits per heavy atom. The fourth-order valence-corrected chi connectivity index (χ4v) is 5.78. The maximum absolute atomic E-state index is 13.6. The van der Waals surface area contributed by atoms with Crippen LogP contribution < -0.4 is 15.0 Å². The van der Waals surface area contributed by atoms with Crippen molar-refractivity contribution in [1.29, 1.82) is 0 Å². The van der Waals surface area contributed by atoms with E-state index in [9.17, 15) is 53.7 Å². The van der Waals surface area contributed by atoms with Gasteiger partial charge in [-0.05, 0) is 46.8 Å². The highest BCUT2D eigenvalue weighted by molar-refractivity contribution is 5.94. The second-order valence-corrected chi connectivity index (χ2v) is 14.7. The fraction of sp³-hybridized carbons (Fsp3) is 0.632. The molecule has 22 nitrogen and oxygen atoms in total. The number of carbonyl (C=O) groups is 8. The topological polar surface area (TPSA) is 266 Å². The summed E-state index contributed by atoms with van der Waals surface area (Å²) in [6.45, 7) is 7.08. The maximum Gasteiger partial charge on any atom is 0.416 e. The summed E-state index contributed by atoms with van der Waals surface area (Å²) in [4.78, 5) is 108. The first kappa shape index (κ1) is 50.6. The molecule has 1 aliphatic heterocycles. The molecule has 0 radical (unpaired) electrons. The van der Waals surface area contributed by atoms with Gasteiger partial charge in [-0.3, -0.25) is 53.2 Å². The predicted octanol–water partition coefficient (Wildman–Crippen LogP) is -0.195. The van der Waals surface area contributed by atoms with Crippen LogP contribution in [-0.4, -0.2) is 212 Å². The molecule has 22 heteroatoms. The number of hydrogen-bond acceptors (Lipinski definition) is 17. The number of anilines is 2. The average Bonchev–Trinajstić information content (AvgIpc) is 3.13. The van der Waals surface area contributed by atoms with Crippen LogP contribution in [0.2, 0.25) is 0 Å². The molecule has 60 heavy (non-hydrogen) atoms. The van der Waals surface area contributed by atoms with Gasteiger partial charge < -0.3 is 44.5 Å². The van der Waals surface area contributed by atoms with Gasteiger partial charge in [0.15, 0.2) is 6.61 Å². The summed E-state index contributed by atoms with van der Waals surface area (Å²) in [6.07, 6.45) is -0.928. The Morgan fingerprint density at radius 2 is 1.10 bits per heavy atom. The zero-order chi connectivity index (χ0) is 45.0. The zero-order valence-corrected chi connectivity index (χ0v) is 35.2. The molecule has 336 valence electrons. The quantitative estimate of drug-likeness (QED) is 0.104. The number of rotatable bonds is 19. The number of hydrogen-bond donors (Lipinski definition) is 4. The first-order chi connectivity index (χ1) is 28.2. The van der Waals surface area contributed by atoms with Crippen molar-refractivity contribution in [3.63, 3.8) is 0 Å². The van der Waals surface area contributed by atoms with Crippen molar-refractivity contribution in [3.05, 3.63) is 18.2 Å². The van der Waals surface area contributed by atoms with E-state index < -0.39 is 73.1 Å². The normalized spacial score (nSPS) is 15.0. The Hall–Kier alpha value is -5.58. The number of nitrogens with one attached hydrogen (secondary N) is 1. The number of aliphatic carboxylic acids is 3. The number of likely N-dealkylation sites (N-methyl/N-ethyl adjacent to an activating group) is 1. The molecule has 1 aromatic carbocycles. The second kappa shape index (κ2) is 25.1. The van der Waals surface area contributed by atoms with Crippen LogP contribution in [0.4, 0.5) is 16.2 Å². The van der Waals surface area contributed by atoms with Crippen molar-refractivity contribution < 1.29 is 72.6 Å². The lowest BCUT2D eigenvalue weighted by atomic mass is 10.2. The fourth-order valence-electron chi connectivity index (χ4n) is 5.78. The summed E-state index contributed by atoms with van der Waals surface area (Å²) in [5, 5.41) is 31.2. The third-order valence-electron chi connectivity index (χ3n) is 8.60. The SMILES string of the molecule is CCOC(=O)CN(CC(=O)OCC)c1ccc(NC(=O)CN2CCN(CC(=O)O)CCN(CC(=O)O)CCN(CC(=O)O)CC2)cc1OCC(=O)N(C)C(=O)OC(C)(C)C. The molecular weight excluding hydrogens is 794 g/mol. The van der Waals surface area contributed by atoms with Gasteiger partial charge in [0.2, 0.25) is 5.91 Å². The molecule has 2 rings (SSSR count). The first-order valence-electron chi connectivity index (χ1n) is 19.4. The molecule has 0 spiro atoms. The number of amides is 3. The van der Waals surface area contributed by atoms with E-state index in [0.29, 0.717) is 0 Å². The Balaban J connectivity index is 2.43. The number of nitrogens with zero attached hydrogens (tertiary/aromatic N) is 6. The standard InChI is InChI=1S/C38H59N7O15/c1-7-57-35(54)24-45(25-36(55)58-8-2)28-10-9-27(19-29(28)59-26-31(47)40(6)37(56)60-38(3,4)5)39-30(46)20-41-11-13-42(21-32(48)49)15-17-44(23-34(52)53)18-16-43(14-12-41)22-33(50)51/h9-10,19H,7-8,11-18,20-26H2,1-6H3,(H,39,46)(H,48,49)(H,50,51)(H,52,53). The van der Waals surface area contributed by atoms with Gasteiger partial charge in [-0.25, -0.2) is 9.69 Å². The van der Waals surface area contributed by atoms with Crippen molar-refractivity contribution in [1.82, 2.24) is 24.5 Å². The number of carboxylic acid groups (broad SMARTS) is 3. The van der Waals surface area contributed by atoms with E-state index in [0.717, 1.165) is 4.90 Å². The van der Waals surface area contributed by atoms with Crippen molar-refractivity contribution in [2.24, 2.45) is 0 Å². The molecule has 0 atom stereocenters. The minimum absolute atomic E-state index is 0.0590. The van der Waals surface area contributed by atoms with Crippen molar-refractivity contribution in [2.45, 2.75) is 40.2 Å². The number of carbonyl (C=O) groups excluding carboxylic acids is 5. The van der Waals surface area contributed by atoms with Crippen molar-refractivity contribution >= 4 is 59.1 Å². The van der Waals surface area contributed by atoms with Crippen LogP contribution in [0, 0.1) is 0 Å². The third kappa shape index (κ3) is 19.9. The summed E-state index contributed by atoms with van der Waals surface area (Å²) in [7, 11) is 1.21. The largest absolute Gasteiger partial charge is 0.481 e. The number of carboxylic acids is 3. The molecule has 3 amide bonds. The summed E-state index contributed by atoms with van der Waals surface area (Å²) < 4.78 is 21.3. The summed E-state index contributed by atoms with van der Waals surface area (Å²) in [5.41, 5.74) is -0.576. The Kier molecular flexibility index (Phi) is 21.2. The van der Waals surface area contributed by atoms with Crippen LogP contribution in [0.15, 0.2) is 18.2 Å². The van der Waals surface area contributed by atoms with Gasteiger partial charge in [-0.2, -0.15) is 0 Å². The lowest BCUT2D eigenvalue weighted by molar-refractivity contribution is -0.143. The van der Waals surface area contributed by atoms with Crippen molar-refractivity contribution in [2.75, 3.05) is 129 Å². The van der Waals surface area contributed by atoms with Crippen LogP contribution in [-0.2, 0) is 47.8 Å². The minimum atomic E-state index is -1.09. The van der Waals surface area contributed by atoms with Gasteiger partial charge in [-0.15, -0.1) is 0 Å². The van der Waals surface area contributed by atoms with Gasteiger partial charge >= 0.3 is 35.9 Å². The summed E-state index contributed by atoms with van der Waals surface area (Å²) in [5.74, 6) is -6.02. The van der Waals surface area contributed by atoms with E-state index in [4.69, 9.17) is 18.9 Å². The summed E-state index contributed by atoms with van der Waals surface area (Å²) >= 11 is 0. The second-order valence-electron chi connectivity index (χ2n) is 14.7. The van der Waals surface area contributed by atoms with E-state index in [1.165, 1.54) is 30.1 Å². The minimum Gasteiger partial charge on any atom is -0.481 e. The smallest absolute Gasteiger partial charge is 0.416 e. The third-order valence-corrected chi connectivity index (χ3v) is 8.60. The van der Waals surface area contributed by atoms with Crippen LogP contribution in [0.25, 0.3) is 0 Å². The molecule has 1 heterocycles. The predicted molar refractivity (Wildman–Crippen MR) is 214 cm³/mol. The maximum atomic E-state index is 13.6. The molecule has 0 saturated carbocycles. The molecule has 1 saturated heterocycles. The number of esters is 2. The van der Waals surface area contributed by atoms with E-state index in [2.05, 4.69) is 5.32 Å². The molecule has 0 aliphatic carbocycles. The van der Waals surface area contributed by atoms with Crippen LogP contribution >= 0.6 is 0 Å². The Morgan fingerprint density at radius 1 is 0.683 bits per heavy atom. The molecule has 0 aromatic heterocycles. The number of imide groups is 1. The highest BCUT2D eigenvalue weighted by atomic mass is 16.6. The highest BCUT2D eigenvalue weighted by Gasteiger charge is 2.27. The first-order valence-corrected chi connectivity index (χ1v) is 19.4. The number of ether oxygens (including phenoxy) is 4. The van der Waals surface area contributed by atoms with Crippen LogP contribution in [0.1, 0.15) is 34.6 Å². The Bertz CT molecular complexity index is 1600. The molecule has 0 bridgehead atoms. The summed E-state index contributed by atoms with van der Waals surface area (Å²) in [6, 6.07) is 4.28. The monoisotopic (exact) mass is 853 g/mol. The number of benzene rings is 1. The molecule has 1 aliphatic rings. The van der Waals surface area contributed by atoms with E-state index in [-0.39, 0.29) is 109 Å². The molecular formula is C38H59N7O15. The van der Waals surface area contributed by atoms with Crippen LogP contribution in [0.5, 0.6) is 5.75 Å². The van der Waals surface area contributed by atoms with Gasteiger partial charge in [-0.1, -0.05) is 0 Å². The average molecular weight is 854 g/mol. The van der Waals surface area contributed by atoms with Gasteiger partial charge in [0.1, 0.15) is 24.4 Å². The Labute approximate surface area is 348 Å². The lowest BCUT2D eigenvalue weighted by Crippen LogP contribution is -2.49. The molecule has 1 fully saturated rings. The lowest BCUT2D eigenvalue weighted by Gasteiger charge is -2.32. The van der Waals surface area contributed by atoms with Crippen molar-refractivity contribution in [3.8, 4) is 5.75 Å². The molecule has 4 N–H and O–H groups in total. The molecule has 1 aromatic rings. The van der Waals surface area contributed by atoms with Crippen LogP contribution in [0.3, 0.4) is 0 Å². The van der Waals surface area contributed by atoms with Gasteiger partial charge in [0.05, 0.1) is 45.1 Å². The van der Waals surface area contributed by atoms with E-state index in [1.54, 1.807) is 54.2 Å². The van der Waals surface area contributed by atoms with Gasteiger partial charge in [0, 0.05) is 71.2 Å². The zero-order valence-electron chi connectivity index (χ0n) is 35.2. The highest BCUT2D eigenvalue weighted by Crippen LogP contribution is 2.32. The van der Waals surface area contributed by atoms with E-state index in [1.807, 2.05) is 0 Å².